The molecule has 9 heteroatoms. The van der Waals surface area contributed by atoms with Crippen LogP contribution in [0.25, 0.3) is 0 Å². The second-order valence-electron chi connectivity index (χ2n) is 7.89. The number of sulfonamides is 1. The summed E-state index contributed by atoms with van der Waals surface area (Å²) in [5.41, 5.74) is 4.74. The SMILES string of the molecule is Cc1ccc(NC(=O)Nc2cccc3c2CCC3N2CCN(S(C)(=O)=O)CC2)cn1. The average molecular weight is 430 g/mol. The van der Waals surface area contributed by atoms with Gasteiger partial charge in [-0.15, -0.1) is 0 Å². The minimum Gasteiger partial charge on any atom is -0.307 e. The number of piperazine rings is 1. The van der Waals surface area contributed by atoms with E-state index in [9.17, 15) is 13.2 Å². The number of benzene rings is 1. The third kappa shape index (κ3) is 4.48. The number of anilines is 2. The quantitative estimate of drug-likeness (QED) is 0.779. The number of carbonyl (C=O) groups is 1. The highest BCUT2D eigenvalue weighted by atomic mass is 32.2. The van der Waals surface area contributed by atoms with Crippen molar-refractivity contribution in [3.8, 4) is 0 Å². The van der Waals surface area contributed by atoms with Crippen molar-refractivity contribution in [1.82, 2.24) is 14.2 Å². The fourth-order valence-corrected chi connectivity index (χ4v) is 5.13. The summed E-state index contributed by atoms with van der Waals surface area (Å²) in [7, 11) is -3.13. The number of fused-ring (bicyclic) bond motifs is 1. The third-order valence-electron chi connectivity index (χ3n) is 5.84. The molecular formula is C21H27N5O3S. The van der Waals surface area contributed by atoms with Crippen molar-refractivity contribution in [1.29, 1.82) is 0 Å². The van der Waals surface area contributed by atoms with E-state index in [4.69, 9.17) is 0 Å². The zero-order valence-electron chi connectivity index (χ0n) is 17.3. The van der Waals surface area contributed by atoms with Crippen molar-refractivity contribution in [2.24, 2.45) is 0 Å². The van der Waals surface area contributed by atoms with Crippen LogP contribution >= 0.6 is 0 Å². The van der Waals surface area contributed by atoms with E-state index in [2.05, 4.69) is 26.6 Å². The Morgan fingerprint density at radius 1 is 1.10 bits per heavy atom. The minimum atomic E-state index is -3.13. The third-order valence-corrected chi connectivity index (χ3v) is 7.14. The van der Waals surface area contributed by atoms with E-state index in [0.717, 1.165) is 42.9 Å². The van der Waals surface area contributed by atoms with Gasteiger partial charge < -0.3 is 10.6 Å². The topological polar surface area (TPSA) is 94.6 Å². The van der Waals surface area contributed by atoms with E-state index in [-0.39, 0.29) is 12.1 Å². The van der Waals surface area contributed by atoms with E-state index in [1.807, 2.05) is 31.2 Å². The largest absolute Gasteiger partial charge is 0.323 e. The minimum absolute atomic E-state index is 0.257. The first-order valence-corrected chi connectivity index (χ1v) is 12.0. The zero-order valence-corrected chi connectivity index (χ0v) is 18.1. The van der Waals surface area contributed by atoms with Gasteiger partial charge in [0.05, 0.1) is 18.1 Å². The molecule has 2 amide bonds. The molecule has 0 spiro atoms. The summed E-state index contributed by atoms with van der Waals surface area (Å²) in [6, 6.07) is 9.64. The van der Waals surface area contributed by atoms with Gasteiger partial charge in [-0.2, -0.15) is 4.31 Å². The van der Waals surface area contributed by atoms with E-state index < -0.39 is 10.0 Å². The van der Waals surface area contributed by atoms with Gasteiger partial charge in [-0.3, -0.25) is 9.88 Å². The highest BCUT2D eigenvalue weighted by Gasteiger charge is 2.33. The molecule has 1 saturated heterocycles. The van der Waals surface area contributed by atoms with Crippen molar-refractivity contribution in [3.63, 3.8) is 0 Å². The van der Waals surface area contributed by atoms with Crippen LogP contribution in [0.4, 0.5) is 16.2 Å². The van der Waals surface area contributed by atoms with Crippen molar-refractivity contribution in [3.05, 3.63) is 53.3 Å². The molecule has 1 unspecified atom stereocenters. The summed E-state index contributed by atoms with van der Waals surface area (Å²) >= 11 is 0. The lowest BCUT2D eigenvalue weighted by Gasteiger charge is -2.37. The second-order valence-corrected chi connectivity index (χ2v) is 9.88. The molecule has 160 valence electrons. The summed E-state index contributed by atoms with van der Waals surface area (Å²) in [4.78, 5) is 19.0. The first-order valence-electron chi connectivity index (χ1n) is 10.1. The number of rotatable bonds is 4. The standard InChI is InChI=1S/C21H27N5O3S/c1-15-6-7-16(14-22-15)23-21(27)24-19-5-3-4-18-17(19)8-9-20(18)25-10-12-26(13-11-25)30(2,28)29/h3-7,14,20H,8-13H2,1-2H3,(H2,23,24,27). The molecular weight excluding hydrogens is 402 g/mol. The number of hydrogen-bond donors (Lipinski definition) is 2. The summed E-state index contributed by atoms with van der Waals surface area (Å²) in [6.45, 7) is 4.38. The summed E-state index contributed by atoms with van der Waals surface area (Å²) in [5.74, 6) is 0. The normalized spacial score (nSPS) is 20.0. The molecule has 1 aliphatic heterocycles. The second kappa shape index (κ2) is 8.33. The molecule has 1 fully saturated rings. The lowest BCUT2D eigenvalue weighted by atomic mass is 10.0. The molecule has 1 aromatic heterocycles. The van der Waals surface area contributed by atoms with E-state index >= 15 is 0 Å². The maximum Gasteiger partial charge on any atom is 0.323 e. The predicted octanol–water partition coefficient (Wildman–Crippen LogP) is 2.60. The van der Waals surface area contributed by atoms with Gasteiger partial charge in [0.1, 0.15) is 0 Å². The maximum atomic E-state index is 12.5. The monoisotopic (exact) mass is 429 g/mol. The van der Waals surface area contributed by atoms with Gasteiger partial charge in [0.15, 0.2) is 0 Å². The molecule has 2 N–H and O–H groups in total. The number of carbonyl (C=O) groups excluding carboxylic acids is 1. The number of aromatic nitrogens is 1. The number of nitrogens with zero attached hydrogens (tertiary/aromatic N) is 3. The fraction of sp³-hybridized carbons (Fsp3) is 0.429. The first-order chi connectivity index (χ1) is 14.3. The van der Waals surface area contributed by atoms with Gasteiger partial charge in [-0.05, 0) is 49.1 Å². The van der Waals surface area contributed by atoms with Crippen LogP contribution in [0.5, 0.6) is 0 Å². The Morgan fingerprint density at radius 3 is 2.53 bits per heavy atom. The van der Waals surface area contributed by atoms with E-state index in [0.29, 0.717) is 18.8 Å². The Labute approximate surface area is 177 Å². The number of pyridine rings is 1. The van der Waals surface area contributed by atoms with Gasteiger partial charge in [0.25, 0.3) is 0 Å². The number of hydrogen-bond acceptors (Lipinski definition) is 5. The van der Waals surface area contributed by atoms with Crippen LogP contribution in [0.1, 0.15) is 29.3 Å². The van der Waals surface area contributed by atoms with E-state index in [1.54, 1.807) is 10.5 Å². The molecule has 1 aliphatic carbocycles. The number of urea groups is 1. The molecule has 0 radical (unpaired) electrons. The van der Waals surface area contributed by atoms with Gasteiger partial charge in [0, 0.05) is 43.6 Å². The molecule has 1 atom stereocenters. The van der Waals surface area contributed by atoms with Crippen LogP contribution in [0.2, 0.25) is 0 Å². The lowest BCUT2D eigenvalue weighted by Crippen LogP contribution is -2.49. The van der Waals surface area contributed by atoms with Crippen molar-refractivity contribution in [2.75, 3.05) is 43.1 Å². The Balaban J connectivity index is 1.43. The van der Waals surface area contributed by atoms with Crippen LogP contribution in [-0.2, 0) is 16.4 Å². The highest BCUT2D eigenvalue weighted by Crippen LogP contribution is 2.39. The summed E-state index contributed by atoms with van der Waals surface area (Å²) < 4.78 is 25.1. The molecule has 30 heavy (non-hydrogen) atoms. The number of amides is 2. The Hall–Kier alpha value is -2.49. The smallest absolute Gasteiger partial charge is 0.307 e. The van der Waals surface area contributed by atoms with Gasteiger partial charge >= 0.3 is 6.03 Å². The summed E-state index contributed by atoms with van der Waals surface area (Å²) in [5, 5.41) is 5.79. The van der Waals surface area contributed by atoms with Crippen molar-refractivity contribution >= 4 is 27.4 Å². The van der Waals surface area contributed by atoms with Crippen molar-refractivity contribution in [2.45, 2.75) is 25.8 Å². The molecule has 8 nitrogen and oxygen atoms in total. The predicted molar refractivity (Wildman–Crippen MR) is 117 cm³/mol. The molecule has 2 heterocycles. The molecule has 0 saturated carbocycles. The van der Waals surface area contributed by atoms with Gasteiger partial charge in [0.2, 0.25) is 10.0 Å². The van der Waals surface area contributed by atoms with Crippen LogP contribution < -0.4 is 10.6 Å². The Bertz CT molecular complexity index is 1030. The highest BCUT2D eigenvalue weighted by molar-refractivity contribution is 7.88. The fourth-order valence-electron chi connectivity index (χ4n) is 4.30. The maximum absolute atomic E-state index is 12.5. The Morgan fingerprint density at radius 2 is 1.87 bits per heavy atom. The molecule has 1 aromatic carbocycles. The molecule has 4 rings (SSSR count). The molecule has 2 aromatic rings. The van der Waals surface area contributed by atoms with Crippen LogP contribution in [0.3, 0.4) is 0 Å². The lowest BCUT2D eigenvalue weighted by molar-refractivity contribution is 0.137. The van der Waals surface area contributed by atoms with Crippen LogP contribution in [0.15, 0.2) is 36.5 Å². The zero-order chi connectivity index (χ0) is 21.3. The van der Waals surface area contributed by atoms with Gasteiger partial charge in [-0.25, -0.2) is 13.2 Å². The summed E-state index contributed by atoms with van der Waals surface area (Å²) in [6.07, 6.45) is 4.75. The van der Waals surface area contributed by atoms with Crippen LogP contribution in [0, 0.1) is 6.92 Å². The molecule has 2 aliphatic rings. The number of nitrogens with one attached hydrogen (secondary N) is 2. The molecule has 0 bridgehead atoms. The van der Waals surface area contributed by atoms with E-state index in [1.165, 1.54) is 11.8 Å². The number of aryl methyl sites for hydroxylation is 1. The average Bonchev–Trinajstić information content (AvgIpc) is 3.14. The van der Waals surface area contributed by atoms with Gasteiger partial charge in [-0.1, -0.05) is 12.1 Å². The first kappa shape index (κ1) is 20.8. The Kier molecular flexibility index (Phi) is 5.77. The van der Waals surface area contributed by atoms with Crippen LogP contribution in [-0.4, -0.2) is 61.1 Å². The van der Waals surface area contributed by atoms with Crippen molar-refractivity contribution < 1.29 is 13.2 Å².